The van der Waals surface area contributed by atoms with Crippen LogP contribution in [0.5, 0.6) is 5.75 Å². The number of benzene rings is 2. The first-order valence-corrected chi connectivity index (χ1v) is 7.92. The van der Waals surface area contributed by atoms with E-state index in [4.69, 9.17) is 0 Å². The lowest BCUT2D eigenvalue weighted by molar-refractivity contribution is 0.361. The monoisotopic (exact) mass is 313 g/mol. The summed E-state index contributed by atoms with van der Waals surface area (Å²) in [5.74, 6) is 0.335. The van der Waals surface area contributed by atoms with Gasteiger partial charge in [-0.05, 0) is 44.3 Å². The minimum atomic E-state index is 0.335. The van der Waals surface area contributed by atoms with Crippen molar-refractivity contribution in [1.29, 1.82) is 0 Å². The lowest BCUT2D eigenvalue weighted by Crippen LogP contribution is -2.36. The molecule has 124 valence electrons. The number of aromatic hydroxyl groups is 1. The molecule has 0 saturated heterocycles. The fraction of sp³-hybridized carbons (Fsp3) is 0.368. The van der Waals surface area contributed by atoms with Gasteiger partial charge in [0.05, 0.1) is 12.2 Å². The van der Waals surface area contributed by atoms with Crippen molar-refractivity contribution in [3.05, 3.63) is 59.7 Å². The maximum absolute atomic E-state index is 10.0. The number of phenols is 1. The molecule has 2 aromatic carbocycles. The summed E-state index contributed by atoms with van der Waals surface area (Å²) in [6.45, 7) is 1.69. The van der Waals surface area contributed by atoms with Gasteiger partial charge < -0.3 is 15.0 Å². The van der Waals surface area contributed by atoms with Gasteiger partial charge >= 0.3 is 0 Å². The number of hydrazine groups is 1. The van der Waals surface area contributed by atoms with E-state index in [0.29, 0.717) is 12.3 Å². The van der Waals surface area contributed by atoms with Crippen LogP contribution in [-0.4, -0.2) is 49.8 Å². The molecule has 23 heavy (non-hydrogen) atoms. The molecule has 0 aliphatic heterocycles. The van der Waals surface area contributed by atoms with Crippen molar-refractivity contribution in [1.82, 2.24) is 9.91 Å². The lowest BCUT2D eigenvalue weighted by atomic mass is 10.1. The highest BCUT2D eigenvalue weighted by molar-refractivity contribution is 5.48. The Morgan fingerprint density at radius 3 is 2.09 bits per heavy atom. The topological polar surface area (TPSA) is 30.0 Å². The molecule has 0 aliphatic carbocycles. The van der Waals surface area contributed by atoms with Gasteiger partial charge in [-0.3, -0.25) is 0 Å². The average Bonchev–Trinajstić information content (AvgIpc) is 2.52. The molecule has 0 atom stereocenters. The second-order valence-electron chi connectivity index (χ2n) is 6.25. The molecule has 0 bridgehead atoms. The molecular weight excluding hydrogens is 286 g/mol. The van der Waals surface area contributed by atoms with Crippen LogP contribution in [-0.2, 0) is 13.0 Å². The summed E-state index contributed by atoms with van der Waals surface area (Å²) in [5, 5.41) is 14.2. The smallest absolute Gasteiger partial charge is 0.120 e. The Labute approximate surface area is 139 Å². The van der Waals surface area contributed by atoms with Gasteiger partial charge in [-0.25, -0.2) is 5.01 Å². The van der Waals surface area contributed by atoms with Crippen molar-refractivity contribution in [2.75, 3.05) is 39.7 Å². The number of para-hydroxylation sites is 1. The Hall–Kier alpha value is -2.04. The van der Waals surface area contributed by atoms with E-state index in [2.05, 4.69) is 48.3 Å². The number of phenolic OH excluding ortho intramolecular Hbond substituents is 1. The standard InChI is InChI=1S/C19H27N3O/c1-20(2)14-13-16-9-11-18(12-10-16)22(21(3)4)15-17-7-5-6-8-19(17)23/h5-12,23H,13-15H2,1-4H3. The quantitative estimate of drug-likeness (QED) is 0.796. The van der Waals surface area contributed by atoms with Crippen LogP contribution < -0.4 is 5.01 Å². The van der Waals surface area contributed by atoms with Crippen LogP contribution in [0.25, 0.3) is 0 Å². The summed E-state index contributed by atoms with van der Waals surface area (Å²) >= 11 is 0. The first-order chi connectivity index (χ1) is 11.0. The van der Waals surface area contributed by atoms with Crippen molar-refractivity contribution >= 4 is 5.69 Å². The number of hydrogen-bond donors (Lipinski definition) is 1. The van der Waals surface area contributed by atoms with E-state index >= 15 is 0 Å². The lowest BCUT2D eigenvalue weighted by Gasteiger charge is -2.31. The molecule has 0 heterocycles. The highest BCUT2D eigenvalue weighted by atomic mass is 16.3. The van der Waals surface area contributed by atoms with Gasteiger partial charge in [0, 0.05) is 26.2 Å². The van der Waals surface area contributed by atoms with Crippen molar-refractivity contribution in [2.24, 2.45) is 0 Å². The Morgan fingerprint density at radius 2 is 1.52 bits per heavy atom. The van der Waals surface area contributed by atoms with Crippen LogP contribution in [0.3, 0.4) is 0 Å². The minimum Gasteiger partial charge on any atom is -0.508 e. The molecule has 4 heteroatoms. The van der Waals surface area contributed by atoms with Gasteiger partial charge in [-0.1, -0.05) is 30.3 Å². The van der Waals surface area contributed by atoms with E-state index in [0.717, 1.165) is 24.2 Å². The highest BCUT2D eigenvalue weighted by Gasteiger charge is 2.12. The van der Waals surface area contributed by atoms with Gasteiger partial charge in [0.15, 0.2) is 0 Å². The second-order valence-corrected chi connectivity index (χ2v) is 6.25. The van der Waals surface area contributed by atoms with Crippen molar-refractivity contribution in [3.63, 3.8) is 0 Å². The molecule has 2 aromatic rings. The number of anilines is 1. The van der Waals surface area contributed by atoms with E-state index in [9.17, 15) is 5.11 Å². The molecule has 0 fully saturated rings. The van der Waals surface area contributed by atoms with E-state index in [1.165, 1.54) is 5.56 Å². The van der Waals surface area contributed by atoms with Crippen LogP contribution in [0.4, 0.5) is 5.69 Å². The summed E-state index contributed by atoms with van der Waals surface area (Å²) in [7, 11) is 8.21. The van der Waals surface area contributed by atoms with Crippen LogP contribution in [0.15, 0.2) is 48.5 Å². The summed E-state index contributed by atoms with van der Waals surface area (Å²) in [4.78, 5) is 2.19. The first-order valence-electron chi connectivity index (χ1n) is 7.92. The third kappa shape index (κ3) is 4.98. The molecule has 0 unspecified atom stereocenters. The van der Waals surface area contributed by atoms with Gasteiger partial charge in [0.2, 0.25) is 0 Å². The minimum absolute atomic E-state index is 0.335. The predicted octanol–water partition coefficient (Wildman–Crippen LogP) is 2.98. The zero-order valence-corrected chi connectivity index (χ0v) is 14.5. The molecule has 0 radical (unpaired) electrons. The normalized spacial score (nSPS) is 11.2. The zero-order valence-electron chi connectivity index (χ0n) is 14.5. The summed E-state index contributed by atoms with van der Waals surface area (Å²) in [6.07, 6.45) is 1.05. The van der Waals surface area contributed by atoms with Gasteiger partial charge in [0.1, 0.15) is 5.75 Å². The van der Waals surface area contributed by atoms with Crippen LogP contribution in [0, 0.1) is 0 Å². The largest absolute Gasteiger partial charge is 0.508 e. The molecule has 0 aliphatic rings. The van der Waals surface area contributed by atoms with Crippen molar-refractivity contribution in [3.8, 4) is 5.75 Å². The Balaban J connectivity index is 2.13. The molecule has 0 saturated carbocycles. The number of likely N-dealkylation sites (N-methyl/N-ethyl adjacent to an activating group) is 1. The Morgan fingerprint density at radius 1 is 0.870 bits per heavy atom. The summed E-state index contributed by atoms with van der Waals surface area (Å²) < 4.78 is 0. The molecule has 2 rings (SSSR count). The van der Waals surface area contributed by atoms with Crippen LogP contribution in [0.1, 0.15) is 11.1 Å². The first kappa shape index (κ1) is 17.3. The van der Waals surface area contributed by atoms with Crippen LogP contribution >= 0.6 is 0 Å². The maximum Gasteiger partial charge on any atom is 0.120 e. The van der Waals surface area contributed by atoms with Crippen molar-refractivity contribution in [2.45, 2.75) is 13.0 Å². The van der Waals surface area contributed by atoms with Gasteiger partial charge in [-0.2, -0.15) is 0 Å². The van der Waals surface area contributed by atoms with Gasteiger partial charge in [-0.15, -0.1) is 0 Å². The Kier molecular flexibility index (Phi) is 6.02. The summed E-state index contributed by atoms with van der Waals surface area (Å²) in [6, 6.07) is 16.1. The molecule has 0 aromatic heterocycles. The molecular formula is C19H27N3O. The third-order valence-electron chi connectivity index (χ3n) is 3.88. The number of rotatable bonds is 7. The highest BCUT2D eigenvalue weighted by Crippen LogP contribution is 2.23. The predicted molar refractivity (Wildman–Crippen MR) is 96.7 cm³/mol. The zero-order chi connectivity index (χ0) is 16.8. The Bertz CT molecular complexity index is 608. The third-order valence-corrected chi connectivity index (χ3v) is 3.88. The average molecular weight is 313 g/mol. The fourth-order valence-corrected chi connectivity index (χ4v) is 2.46. The maximum atomic E-state index is 10.0. The van der Waals surface area contributed by atoms with E-state index in [1.807, 2.05) is 37.3 Å². The summed E-state index contributed by atoms with van der Waals surface area (Å²) in [5.41, 5.74) is 3.37. The van der Waals surface area contributed by atoms with Gasteiger partial charge in [0.25, 0.3) is 0 Å². The molecule has 0 spiro atoms. The van der Waals surface area contributed by atoms with Crippen LogP contribution in [0.2, 0.25) is 0 Å². The molecule has 0 amide bonds. The molecule has 4 nitrogen and oxygen atoms in total. The second kappa shape index (κ2) is 7.99. The molecule has 1 N–H and O–H groups in total. The van der Waals surface area contributed by atoms with E-state index in [-0.39, 0.29) is 0 Å². The number of nitrogens with zero attached hydrogens (tertiary/aromatic N) is 3. The SMILES string of the molecule is CN(C)CCc1ccc(N(Cc2ccccc2O)N(C)C)cc1. The number of hydrogen-bond acceptors (Lipinski definition) is 4. The van der Waals surface area contributed by atoms with E-state index < -0.39 is 0 Å². The van der Waals surface area contributed by atoms with E-state index in [1.54, 1.807) is 6.07 Å². The van der Waals surface area contributed by atoms with Crippen molar-refractivity contribution < 1.29 is 5.11 Å². The fourth-order valence-electron chi connectivity index (χ4n) is 2.46.